The van der Waals surface area contributed by atoms with Crippen molar-refractivity contribution in [3.63, 3.8) is 0 Å². The van der Waals surface area contributed by atoms with Gasteiger partial charge in [0.15, 0.2) is 0 Å². The summed E-state index contributed by atoms with van der Waals surface area (Å²) >= 11 is 0. The third-order valence-corrected chi connectivity index (χ3v) is 4.96. The van der Waals surface area contributed by atoms with Gasteiger partial charge in [-0.05, 0) is 50.2 Å². The second kappa shape index (κ2) is 5.90. The van der Waals surface area contributed by atoms with Gasteiger partial charge in [0, 0.05) is 12.6 Å². The molecule has 1 fully saturated rings. The van der Waals surface area contributed by atoms with Crippen molar-refractivity contribution in [3.8, 4) is 5.75 Å². The Morgan fingerprint density at radius 1 is 1.37 bits per heavy atom. The Morgan fingerprint density at radius 3 is 2.68 bits per heavy atom. The minimum Gasteiger partial charge on any atom is -0.508 e. The van der Waals surface area contributed by atoms with Crippen molar-refractivity contribution >= 4 is 10.0 Å². The van der Waals surface area contributed by atoms with Crippen molar-refractivity contribution in [2.45, 2.75) is 30.7 Å². The third-order valence-electron chi connectivity index (χ3n) is 3.42. The van der Waals surface area contributed by atoms with Crippen molar-refractivity contribution in [1.29, 1.82) is 0 Å². The number of hydrogen-bond acceptors (Lipinski definition) is 4. The predicted molar refractivity (Wildman–Crippen MR) is 73.6 cm³/mol. The van der Waals surface area contributed by atoms with Crippen LogP contribution in [0.2, 0.25) is 0 Å². The van der Waals surface area contributed by atoms with Gasteiger partial charge in [-0.3, -0.25) is 0 Å². The van der Waals surface area contributed by atoms with Crippen LogP contribution >= 0.6 is 0 Å². The Bertz CT molecular complexity index is 513. The smallest absolute Gasteiger partial charge is 0.240 e. The molecule has 0 amide bonds. The van der Waals surface area contributed by atoms with Crippen molar-refractivity contribution in [2.24, 2.45) is 0 Å². The van der Waals surface area contributed by atoms with Crippen LogP contribution in [0.3, 0.4) is 0 Å². The molecule has 2 rings (SSSR count). The van der Waals surface area contributed by atoms with Gasteiger partial charge in [0.05, 0.1) is 4.90 Å². The van der Waals surface area contributed by atoms with E-state index in [1.807, 2.05) is 0 Å². The molecule has 1 aliphatic rings. The quantitative estimate of drug-likeness (QED) is 0.870. The Hall–Kier alpha value is -1.11. The molecule has 106 valence electrons. The SMILES string of the molecule is CCN1CCCC(NS(=O)(=O)c2ccc(O)cc2)C1. The van der Waals surface area contributed by atoms with E-state index in [2.05, 4.69) is 16.5 Å². The van der Waals surface area contributed by atoms with Crippen LogP contribution in [-0.2, 0) is 10.0 Å². The highest BCUT2D eigenvalue weighted by atomic mass is 32.2. The lowest BCUT2D eigenvalue weighted by Crippen LogP contribution is -2.47. The summed E-state index contributed by atoms with van der Waals surface area (Å²) in [6.07, 6.45) is 1.88. The lowest BCUT2D eigenvalue weighted by Gasteiger charge is -2.32. The molecule has 0 spiro atoms. The number of likely N-dealkylation sites (N-methyl/N-ethyl adjacent to an activating group) is 1. The first-order valence-electron chi connectivity index (χ1n) is 6.55. The maximum absolute atomic E-state index is 12.2. The van der Waals surface area contributed by atoms with Crippen LogP contribution in [0.15, 0.2) is 29.2 Å². The summed E-state index contributed by atoms with van der Waals surface area (Å²) in [5, 5.41) is 9.19. The fraction of sp³-hybridized carbons (Fsp3) is 0.538. The number of nitrogens with one attached hydrogen (secondary N) is 1. The van der Waals surface area contributed by atoms with Crippen LogP contribution in [0.1, 0.15) is 19.8 Å². The minimum atomic E-state index is -3.50. The normalized spacial score (nSPS) is 21.4. The summed E-state index contributed by atoms with van der Waals surface area (Å²) in [5.41, 5.74) is 0. The van der Waals surface area contributed by atoms with E-state index < -0.39 is 10.0 Å². The molecule has 0 radical (unpaired) electrons. The maximum Gasteiger partial charge on any atom is 0.240 e. The van der Waals surface area contributed by atoms with Crippen LogP contribution in [0, 0.1) is 0 Å². The average molecular weight is 284 g/mol. The first-order chi connectivity index (χ1) is 9.01. The lowest BCUT2D eigenvalue weighted by molar-refractivity contribution is 0.211. The van der Waals surface area contributed by atoms with Gasteiger partial charge in [0.2, 0.25) is 10.0 Å². The molecule has 1 unspecified atom stereocenters. The molecule has 1 aliphatic heterocycles. The summed E-state index contributed by atoms with van der Waals surface area (Å²) in [6.45, 7) is 4.82. The number of sulfonamides is 1. The zero-order chi connectivity index (χ0) is 13.9. The van der Waals surface area contributed by atoms with Gasteiger partial charge in [0.25, 0.3) is 0 Å². The van der Waals surface area contributed by atoms with Crippen LogP contribution in [0.5, 0.6) is 5.75 Å². The molecule has 0 aliphatic carbocycles. The van der Waals surface area contributed by atoms with Gasteiger partial charge in [0.1, 0.15) is 5.75 Å². The Labute approximate surface area is 114 Å². The Balaban J connectivity index is 2.06. The highest BCUT2D eigenvalue weighted by molar-refractivity contribution is 7.89. The standard InChI is InChI=1S/C13H20N2O3S/c1-2-15-9-3-4-11(10-15)14-19(17,18)13-7-5-12(16)6-8-13/h5-8,11,14,16H,2-4,9-10H2,1H3. The molecule has 1 saturated heterocycles. The average Bonchev–Trinajstić information content (AvgIpc) is 2.39. The van der Waals surface area contributed by atoms with Crippen LogP contribution in [0.25, 0.3) is 0 Å². The van der Waals surface area contributed by atoms with Crippen molar-refractivity contribution in [2.75, 3.05) is 19.6 Å². The second-order valence-electron chi connectivity index (χ2n) is 4.85. The summed E-state index contributed by atoms with van der Waals surface area (Å²) in [7, 11) is -3.50. The first-order valence-corrected chi connectivity index (χ1v) is 8.03. The first kappa shape index (κ1) is 14.3. The zero-order valence-electron chi connectivity index (χ0n) is 11.0. The summed E-state index contributed by atoms with van der Waals surface area (Å²) in [6, 6.07) is 5.56. The van der Waals surface area contributed by atoms with Crippen molar-refractivity contribution in [3.05, 3.63) is 24.3 Å². The van der Waals surface area contributed by atoms with Crippen LogP contribution in [0.4, 0.5) is 0 Å². The number of piperidine rings is 1. The molecule has 5 nitrogen and oxygen atoms in total. The van der Waals surface area contributed by atoms with E-state index in [1.54, 1.807) is 0 Å². The van der Waals surface area contributed by atoms with Gasteiger partial charge in [-0.1, -0.05) is 6.92 Å². The number of benzene rings is 1. The molecule has 1 aromatic carbocycles. The van der Waals surface area contributed by atoms with E-state index in [9.17, 15) is 13.5 Å². The van der Waals surface area contributed by atoms with Gasteiger partial charge in [-0.2, -0.15) is 0 Å². The van der Waals surface area contributed by atoms with E-state index in [0.29, 0.717) is 0 Å². The number of likely N-dealkylation sites (tertiary alicyclic amines) is 1. The van der Waals surface area contributed by atoms with Gasteiger partial charge < -0.3 is 10.0 Å². The molecule has 1 aromatic rings. The zero-order valence-corrected chi connectivity index (χ0v) is 11.9. The predicted octanol–water partition coefficient (Wildman–Crippen LogP) is 1.15. The number of rotatable bonds is 4. The maximum atomic E-state index is 12.2. The van der Waals surface area contributed by atoms with Crippen molar-refractivity contribution in [1.82, 2.24) is 9.62 Å². The fourth-order valence-electron chi connectivity index (χ4n) is 2.35. The van der Waals surface area contributed by atoms with E-state index in [-0.39, 0.29) is 16.7 Å². The topological polar surface area (TPSA) is 69.6 Å². The largest absolute Gasteiger partial charge is 0.508 e. The van der Waals surface area contributed by atoms with E-state index in [4.69, 9.17) is 0 Å². The van der Waals surface area contributed by atoms with Gasteiger partial charge in [-0.25, -0.2) is 13.1 Å². The van der Waals surface area contributed by atoms with Crippen molar-refractivity contribution < 1.29 is 13.5 Å². The Kier molecular flexibility index (Phi) is 4.44. The van der Waals surface area contributed by atoms with E-state index in [0.717, 1.165) is 32.5 Å². The summed E-state index contributed by atoms with van der Waals surface area (Å²) in [4.78, 5) is 2.44. The molecule has 2 N–H and O–H groups in total. The molecule has 19 heavy (non-hydrogen) atoms. The number of aromatic hydroxyl groups is 1. The number of phenolic OH excluding ortho intramolecular Hbond substituents is 1. The molecule has 0 saturated carbocycles. The minimum absolute atomic E-state index is 0.0347. The molecule has 6 heteroatoms. The van der Waals surface area contributed by atoms with E-state index >= 15 is 0 Å². The summed E-state index contributed by atoms with van der Waals surface area (Å²) < 4.78 is 27.1. The molecule has 0 bridgehead atoms. The van der Waals surface area contributed by atoms with Gasteiger partial charge in [-0.15, -0.1) is 0 Å². The van der Waals surface area contributed by atoms with E-state index in [1.165, 1.54) is 24.3 Å². The monoisotopic (exact) mass is 284 g/mol. The molecular weight excluding hydrogens is 264 g/mol. The number of hydrogen-bond donors (Lipinski definition) is 2. The van der Waals surface area contributed by atoms with Gasteiger partial charge >= 0.3 is 0 Å². The molecule has 0 aromatic heterocycles. The molecule has 1 atom stereocenters. The van der Waals surface area contributed by atoms with Crippen LogP contribution < -0.4 is 4.72 Å². The number of nitrogens with zero attached hydrogens (tertiary/aromatic N) is 1. The lowest BCUT2D eigenvalue weighted by atomic mass is 10.1. The molecular formula is C13H20N2O3S. The highest BCUT2D eigenvalue weighted by Gasteiger charge is 2.24. The fourth-order valence-corrected chi connectivity index (χ4v) is 3.61. The van der Waals surface area contributed by atoms with Crippen LogP contribution in [-0.4, -0.2) is 44.1 Å². The third kappa shape index (κ3) is 3.68. The Morgan fingerprint density at radius 2 is 2.05 bits per heavy atom. The molecule has 1 heterocycles. The number of phenols is 1. The summed E-state index contributed by atoms with van der Waals surface area (Å²) in [5.74, 6) is 0.0637. The second-order valence-corrected chi connectivity index (χ2v) is 6.56. The highest BCUT2D eigenvalue weighted by Crippen LogP contribution is 2.17.